The van der Waals surface area contributed by atoms with Crippen molar-refractivity contribution in [2.75, 3.05) is 6.54 Å². The summed E-state index contributed by atoms with van der Waals surface area (Å²) in [5.41, 5.74) is 2.53. The lowest BCUT2D eigenvalue weighted by Gasteiger charge is -2.08. The van der Waals surface area contributed by atoms with Crippen molar-refractivity contribution in [1.29, 1.82) is 0 Å². The summed E-state index contributed by atoms with van der Waals surface area (Å²) in [6.45, 7) is 4.76. The van der Waals surface area contributed by atoms with Crippen molar-refractivity contribution in [2.45, 2.75) is 31.5 Å². The lowest BCUT2D eigenvalue weighted by Crippen LogP contribution is -2.32. The summed E-state index contributed by atoms with van der Waals surface area (Å²) in [5, 5.41) is 2.92. The maximum Gasteiger partial charge on any atom is 0.233 e. The zero-order valence-corrected chi connectivity index (χ0v) is 11.4. The van der Waals surface area contributed by atoms with E-state index in [1.165, 1.54) is 11.1 Å². The second-order valence-corrected chi connectivity index (χ2v) is 5.01. The average molecular weight is 284 g/mol. The molecule has 3 heteroatoms. The minimum absolute atomic E-state index is 0.0648. The number of aryl methyl sites for hydroxylation is 1. The van der Waals surface area contributed by atoms with Gasteiger partial charge in [0.25, 0.3) is 0 Å². The normalized spacial score (nSPS) is 12.2. The molecular formula is C13H18BrNO. The van der Waals surface area contributed by atoms with Crippen molar-refractivity contribution >= 4 is 21.8 Å². The van der Waals surface area contributed by atoms with Gasteiger partial charge in [-0.15, -0.1) is 0 Å². The molecule has 0 bridgehead atoms. The molecule has 2 nitrogen and oxygen atoms in total. The van der Waals surface area contributed by atoms with Crippen molar-refractivity contribution < 1.29 is 4.79 Å². The van der Waals surface area contributed by atoms with Gasteiger partial charge in [-0.3, -0.25) is 4.79 Å². The number of benzene rings is 1. The standard InChI is InChI=1S/C13H18BrNO/c1-3-12(14)13(16)15-8-7-11-6-4-5-10(2)9-11/h4-6,9,12H,3,7-8H2,1-2H3,(H,15,16). The van der Waals surface area contributed by atoms with E-state index in [2.05, 4.69) is 46.4 Å². The molecule has 0 saturated carbocycles. The number of amides is 1. The predicted octanol–water partition coefficient (Wildman–Crippen LogP) is 2.83. The van der Waals surface area contributed by atoms with Crippen LogP contribution in [0.5, 0.6) is 0 Å². The van der Waals surface area contributed by atoms with Crippen LogP contribution in [-0.4, -0.2) is 17.3 Å². The first-order valence-electron chi connectivity index (χ1n) is 5.60. The van der Waals surface area contributed by atoms with Crippen LogP contribution in [0.1, 0.15) is 24.5 Å². The van der Waals surface area contributed by atoms with Gasteiger partial charge < -0.3 is 5.32 Å². The molecule has 1 atom stereocenters. The first-order chi connectivity index (χ1) is 7.63. The summed E-state index contributed by atoms with van der Waals surface area (Å²) in [5.74, 6) is 0.0788. The van der Waals surface area contributed by atoms with E-state index in [9.17, 15) is 4.79 Å². The molecule has 0 aliphatic rings. The summed E-state index contributed by atoms with van der Waals surface area (Å²) in [6.07, 6.45) is 1.70. The van der Waals surface area contributed by atoms with Gasteiger partial charge in [-0.1, -0.05) is 52.7 Å². The van der Waals surface area contributed by atoms with Gasteiger partial charge in [0.05, 0.1) is 4.83 Å². The third-order valence-corrected chi connectivity index (χ3v) is 3.50. The second kappa shape index (κ2) is 6.69. The number of nitrogens with one attached hydrogen (secondary N) is 1. The number of hydrogen-bond acceptors (Lipinski definition) is 1. The summed E-state index contributed by atoms with van der Waals surface area (Å²) >= 11 is 3.33. The van der Waals surface area contributed by atoms with Crippen LogP contribution in [0.25, 0.3) is 0 Å². The fraction of sp³-hybridized carbons (Fsp3) is 0.462. The Morgan fingerprint density at radius 3 is 2.88 bits per heavy atom. The second-order valence-electron chi connectivity index (χ2n) is 3.91. The van der Waals surface area contributed by atoms with E-state index in [0.717, 1.165) is 12.8 Å². The van der Waals surface area contributed by atoms with E-state index in [1.54, 1.807) is 0 Å². The molecule has 0 aliphatic heterocycles. The monoisotopic (exact) mass is 283 g/mol. The summed E-state index contributed by atoms with van der Waals surface area (Å²) in [7, 11) is 0. The van der Waals surface area contributed by atoms with Crippen LogP contribution >= 0.6 is 15.9 Å². The quantitative estimate of drug-likeness (QED) is 0.828. The molecule has 1 unspecified atom stereocenters. The molecule has 0 radical (unpaired) electrons. The van der Waals surface area contributed by atoms with Gasteiger partial charge in [0.1, 0.15) is 0 Å². The Morgan fingerprint density at radius 1 is 1.50 bits per heavy atom. The van der Waals surface area contributed by atoms with Crippen LogP contribution in [0, 0.1) is 6.92 Å². The van der Waals surface area contributed by atoms with Crippen molar-refractivity contribution in [3.8, 4) is 0 Å². The van der Waals surface area contributed by atoms with Gasteiger partial charge >= 0.3 is 0 Å². The van der Waals surface area contributed by atoms with E-state index in [0.29, 0.717) is 6.54 Å². The molecule has 1 N–H and O–H groups in total. The minimum atomic E-state index is -0.0648. The van der Waals surface area contributed by atoms with E-state index < -0.39 is 0 Å². The molecule has 1 amide bonds. The Morgan fingerprint density at radius 2 is 2.25 bits per heavy atom. The highest BCUT2D eigenvalue weighted by Gasteiger charge is 2.10. The van der Waals surface area contributed by atoms with Crippen LogP contribution in [0.15, 0.2) is 24.3 Å². The van der Waals surface area contributed by atoms with Crippen molar-refractivity contribution in [3.63, 3.8) is 0 Å². The fourth-order valence-corrected chi connectivity index (χ4v) is 1.66. The molecule has 0 aliphatic carbocycles. The fourth-order valence-electron chi connectivity index (χ4n) is 1.49. The van der Waals surface area contributed by atoms with E-state index in [4.69, 9.17) is 0 Å². The third-order valence-electron chi connectivity index (χ3n) is 2.44. The number of carbonyl (C=O) groups is 1. The molecule has 0 heterocycles. The van der Waals surface area contributed by atoms with Gasteiger partial charge in [-0.05, 0) is 25.3 Å². The van der Waals surface area contributed by atoms with Gasteiger partial charge in [0.2, 0.25) is 5.91 Å². The van der Waals surface area contributed by atoms with E-state index in [-0.39, 0.29) is 10.7 Å². The van der Waals surface area contributed by atoms with Crippen molar-refractivity contribution in [3.05, 3.63) is 35.4 Å². The number of rotatable bonds is 5. The topological polar surface area (TPSA) is 29.1 Å². The molecule has 1 aromatic rings. The Bertz CT molecular complexity index is 352. The molecule has 1 rings (SSSR count). The Kier molecular flexibility index (Phi) is 5.53. The van der Waals surface area contributed by atoms with Crippen LogP contribution in [0.3, 0.4) is 0 Å². The zero-order valence-electron chi connectivity index (χ0n) is 9.79. The number of halogens is 1. The van der Waals surface area contributed by atoms with Crippen molar-refractivity contribution in [1.82, 2.24) is 5.32 Å². The van der Waals surface area contributed by atoms with Gasteiger partial charge in [-0.25, -0.2) is 0 Å². The number of carbonyl (C=O) groups excluding carboxylic acids is 1. The highest BCUT2D eigenvalue weighted by atomic mass is 79.9. The molecule has 0 saturated heterocycles. The molecule has 1 aromatic carbocycles. The molecule has 0 spiro atoms. The van der Waals surface area contributed by atoms with Gasteiger partial charge in [-0.2, -0.15) is 0 Å². The van der Waals surface area contributed by atoms with E-state index >= 15 is 0 Å². The molecular weight excluding hydrogens is 266 g/mol. The lowest BCUT2D eigenvalue weighted by atomic mass is 10.1. The lowest BCUT2D eigenvalue weighted by molar-refractivity contribution is -0.120. The Labute approximate surface area is 106 Å². The van der Waals surface area contributed by atoms with Crippen LogP contribution < -0.4 is 5.32 Å². The maximum atomic E-state index is 11.5. The maximum absolute atomic E-state index is 11.5. The van der Waals surface area contributed by atoms with Crippen LogP contribution in [0.4, 0.5) is 0 Å². The van der Waals surface area contributed by atoms with Crippen molar-refractivity contribution in [2.24, 2.45) is 0 Å². The average Bonchev–Trinajstić information content (AvgIpc) is 2.28. The zero-order chi connectivity index (χ0) is 12.0. The Balaban J connectivity index is 2.33. The van der Waals surface area contributed by atoms with Crippen LogP contribution in [0.2, 0.25) is 0 Å². The number of hydrogen-bond donors (Lipinski definition) is 1. The third kappa shape index (κ3) is 4.35. The Hall–Kier alpha value is -0.830. The van der Waals surface area contributed by atoms with Crippen LogP contribution in [-0.2, 0) is 11.2 Å². The largest absolute Gasteiger partial charge is 0.355 e. The van der Waals surface area contributed by atoms with Gasteiger partial charge in [0.15, 0.2) is 0 Å². The molecule has 88 valence electrons. The SMILES string of the molecule is CCC(Br)C(=O)NCCc1cccc(C)c1. The molecule has 0 fully saturated rings. The summed E-state index contributed by atoms with van der Waals surface area (Å²) in [4.78, 5) is 11.4. The van der Waals surface area contributed by atoms with Gasteiger partial charge in [0, 0.05) is 6.54 Å². The highest BCUT2D eigenvalue weighted by molar-refractivity contribution is 9.10. The summed E-state index contributed by atoms with van der Waals surface area (Å²) in [6, 6.07) is 8.36. The highest BCUT2D eigenvalue weighted by Crippen LogP contribution is 2.05. The van der Waals surface area contributed by atoms with E-state index in [1.807, 2.05) is 13.0 Å². The minimum Gasteiger partial charge on any atom is -0.355 e. The smallest absolute Gasteiger partial charge is 0.233 e. The molecule has 16 heavy (non-hydrogen) atoms. The predicted molar refractivity (Wildman–Crippen MR) is 70.9 cm³/mol. The molecule has 0 aromatic heterocycles. The number of alkyl halides is 1. The first-order valence-corrected chi connectivity index (χ1v) is 6.52. The first kappa shape index (κ1) is 13.2. The summed E-state index contributed by atoms with van der Waals surface area (Å²) < 4.78 is 0.